The van der Waals surface area contributed by atoms with E-state index in [-0.39, 0.29) is 6.17 Å². The number of nitrogens with one attached hydrogen (secondary N) is 2. The number of fused-ring (bicyclic) bond motifs is 8. The van der Waals surface area contributed by atoms with Gasteiger partial charge in [-0.2, -0.15) is 0 Å². The van der Waals surface area contributed by atoms with Crippen molar-refractivity contribution in [3.63, 3.8) is 0 Å². The second kappa shape index (κ2) is 5.20. The quantitative estimate of drug-likeness (QED) is 0.813. The highest BCUT2D eigenvalue weighted by molar-refractivity contribution is 7.99. The van der Waals surface area contributed by atoms with E-state index in [1.165, 1.54) is 29.8 Å². The van der Waals surface area contributed by atoms with Crippen LogP contribution in [0.4, 0.5) is 5.95 Å². The summed E-state index contributed by atoms with van der Waals surface area (Å²) in [7, 11) is 0. The first-order valence-corrected chi connectivity index (χ1v) is 10.1. The normalized spacial score (nSPS) is 25.0. The molecule has 3 aliphatic rings. The molecule has 0 saturated carbocycles. The molecule has 5 rings (SSSR count). The van der Waals surface area contributed by atoms with E-state index in [0.29, 0.717) is 0 Å². The molecule has 0 spiro atoms. The molecule has 122 valence electrons. The first-order valence-electron chi connectivity index (χ1n) is 8.27. The topological polar surface area (TPSA) is 58.0 Å². The van der Waals surface area contributed by atoms with Crippen LogP contribution < -0.4 is 15.8 Å². The highest BCUT2D eigenvalue weighted by Crippen LogP contribution is 2.48. The molecule has 4 heterocycles. The number of hydrazine groups is 1. The van der Waals surface area contributed by atoms with Crippen molar-refractivity contribution in [3.8, 4) is 5.00 Å². The third kappa shape index (κ3) is 1.95. The van der Waals surface area contributed by atoms with Gasteiger partial charge in [-0.1, -0.05) is 25.6 Å². The third-order valence-corrected chi connectivity index (χ3v) is 6.98. The Morgan fingerprint density at radius 1 is 1.39 bits per heavy atom. The summed E-state index contributed by atoms with van der Waals surface area (Å²) in [6, 6.07) is 0. The molecule has 2 N–H and O–H groups in total. The number of hydrogen-bond donors (Lipinski definition) is 2. The van der Waals surface area contributed by atoms with E-state index in [0.717, 1.165) is 29.4 Å². The van der Waals surface area contributed by atoms with E-state index in [2.05, 4.69) is 44.4 Å². The number of anilines is 1. The van der Waals surface area contributed by atoms with Gasteiger partial charge in [0.05, 0.1) is 6.67 Å². The number of aromatic nitrogens is 3. The summed E-state index contributed by atoms with van der Waals surface area (Å²) in [5, 5.41) is 17.0. The van der Waals surface area contributed by atoms with E-state index >= 15 is 0 Å². The fourth-order valence-corrected chi connectivity index (χ4v) is 6.11. The van der Waals surface area contributed by atoms with Gasteiger partial charge in [0.15, 0.2) is 5.16 Å². The molecule has 0 aromatic carbocycles. The number of thiophene rings is 1. The number of rotatable bonds is 2. The molecule has 2 aliphatic heterocycles. The summed E-state index contributed by atoms with van der Waals surface area (Å²) in [6.45, 7) is 5.30. The minimum Gasteiger partial charge on any atom is -0.278 e. The minimum atomic E-state index is 0.189. The Balaban J connectivity index is 1.74. The second-order valence-electron chi connectivity index (χ2n) is 6.43. The highest BCUT2D eigenvalue weighted by Gasteiger charge is 2.41. The maximum atomic E-state index is 4.46. The van der Waals surface area contributed by atoms with E-state index in [9.17, 15) is 0 Å². The van der Waals surface area contributed by atoms with E-state index in [1.54, 1.807) is 22.2 Å². The van der Waals surface area contributed by atoms with Crippen molar-refractivity contribution in [2.45, 2.75) is 44.4 Å². The maximum absolute atomic E-state index is 4.46. The van der Waals surface area contributed by atoms with Crippen molar-refractivity contribution in [2.24, 2.45) is 5.92 Å². The zero-order valence-electron chi connectivity index (χ0n) is 13.3. The Bertz CT molecular complexity index is 766. The van der Waals surface area contributed by atoms with Crippen LogP contribution in [-0.2, 0) is 12.8 Å². The maximum Gasteiger partial charge on any atom is 0.249 e. The van der Waals surface area contributed by atoms with Gasteiger partial charge in [0, 0.05) is 10.4 Å². The molecular formula is C15H20N6S2. The lowest BCUT2D eigenvalue weighted by Crippen LogP contribution is -2.39. The fourth-order valence-electron chi connectivity index (χ4n) is 3.85. The van der Waals surface area contributed by atoms with Crippen LogP contribution in [0.15, 0.2) is 5.16 Å². The number of nitrogens with zero attached hydrogens (tertiary/aromatic N) is 4. The van der Waals surface area contributed by atoms with E-state index < -0.39 is 0 Å². The van der Waals surface area contributed by atoms with Crippen LogP contribution in [-0.4, -0.2) is 27.2 Å². The molecule has 23 heavy (non-hydrogen) atoms. The predicted molar refractivity (Wildman–Crippen MR) is 93.2 cm³/mol. The van der Waals surface area contributed by atoms with Crippen LogP contribution in [0.1, 0.15) is 42.4 Å². The average Bonchev–Trinajstić information content (AvgIpc) is 3.21. The molecule has 2 atom stereocenters. The van der Waals surface area contributed by atoms with Crippen LogP contribution in [0.5, 0.6) is 0 Å². The molecule has 2 unspecified atom stereocenters. The molecule has 8 heteroatoms. The highest BCUT2D eigenvalue weighted by atomic mass is 32.2. The van der Waals surface area contributed by atoms with Crippen LogP contribution in [0.2, 0.25) is 0 Å². The molecule has 0 radical (unpaired) electrons. The lowest BCUT2D eigenvalue weighted by atomic mass is 9.87. The Hall–Kier alpha value is -1.09. The van der Waals surface area contributed by atoms with E-state index in [4.69, 9.17) is 0 Å². The first-order chi connectivity index (χ1) is 11.3. The molecule has 1 saturated heterocycles. The predicted octanol–water partition coefficient (Wildman–Crippen LogP) is 2.45. The fraction of sp³-hybridized carbons (Fsp3) is 0.600. The number of thioether (sulfide) groups is 1. The largest absolute Gasteiger partial charge is 0.278 e. The van der Waals surface area contributed by atoms with Crippen LogP contribution in [0, 0.1) is 5.92 Å². The average molecular weight is 349 g/mol. The van der Waals surface area contributed by atoms with Gasteiger partial charge in [0.25, 0.3) is 0 Å². The van der Waals surface area contributed by atoms with Gasteiger partial charge < -0.3 is 0 Å². The summed E-state index contributed by atoms with van der Waals surface area (Å²) < 4.78 is 2.26. The number of hydrogen-bond acceptors (Lipinski definition) is 7. The SMILES string of the molecule is CCSc1nnc2n1-c1sc3c(c1C1NCNN21)CCC(C)C3. The molecular weight excluding hydrogens is 328 g/mol. The van der Waals surface area contributed by atoms with Crippen molar-refractivity contribution < 1.29 is 0 Å². The van der Waals surface area contributed by atoms with Gasteiger partial charge >= 0.3 is 0 Å². The molecule has 1 aliphatic carbocycles. The van der Waals surface area contributed by atoms with E-state index in [1.807, 2.05) is 11.3 Å². The van der Waals surface area contributed by atoms with Crippen LogP contribution in [0.25, 0.3) is 5.00 Å². The van der Waals surface area contributed by atoms with Gasteiger partial charge in [-0.25, -0.2) is 9.99 Å². The summed E-state index contributed by atoms with van der Waals surface area (Å²) >= 11 is 3.71. The summed E-state index contributed by atoms with van der Waals surface area (Å²) in [6.07, 6.45) is 3.89. The summed E-state index contributed by atoms with van der Waals surface area (Å²) in [5.41, 5.74) is 6.43. The summed E-state index contributed by atoms with van der Waals surface area (Å²) in [4.78, 5) is 1.57. The lowest BCUT2D eigenvalue weighted by Gasteiger charge is -2.31. The molecule has 2 aromatic heterocycles. The van der Waals surface area contributed by atoms with Crippen LogP contribution in [0.3, 0.4) is 0 Å². The molecule has 2 aromatic rings. The van der Waals surface area contributed by atoms with Gasteiger partial charge in [-0.05, 0) is 36.5 Å². The van der Waals surface area contributed by atoms with Gasteiger partial charge in [0.1, 0.15) is 11.2 Å². The van der Waals surface area contributed by atoms with Gasteiger partial charge in [-0.3, -0.25) is 10.3 Å². The van der Waals surface area contributed by atoms with Crippen LogP contribution >= 0.6 is 23.1 Å². The Morgan fingerprint density at radius 3 is 3.17 bits per heavy atom. The second-order valence-corrected chi connectivity index (χ2v) is 8.75. The standard InChI is InChI=1S/C15H20N6S2/c1-3-22-15-19-18-14-20(15)13-11(12-16-7-17-21(12)14)9-5-4-8(2)6-10(9)23-13/h8,12,16-17H,3-7H2,1-2H3. The van der Waals surface area contributed by atoms with Crippen molar-refractivity contribution >= 4 is 29.0 Å². The molecule has 0 bridgehead atoms. The Labute approximate surface area is 143 Å². The molecule has 6 nitrogen and oxygen atoms in total. The Morgan fingerprint density at radius 2 is 2.30 bits per heavy atom. The van der Waals surface area contributed by atoms with Gasteiger partial charge in [0.2, 0.25) is 5.95 Å². The Kier molecular flexibility index (Phi) is 3.23. The molecule has 0 amide bonds. The smallest absolute Gasteiger partial charge is 0.249 e. The van der Waals surface area contributed by atoms with Crippen molar-refractivity contribution in [2.75, 3.05) is 17.4 Å². The first kappa shape index (κ1) is 14.3. The molecule has 1 fully saturated rings. The van der Waals surface area contributed by atoms with Gasteiger partial charge in [-0.15, -0.1) is 21.5 Å². The monoisotopic (exact) mass is 348 g/mol. The zero-order valence-corrected chi connectivity index (χ0v) is 14.9. The minimum absolute atomic E-state index is 0.189. The van der Waals surface area contributed by atoms with Crippen molar-refractivity contribution in [1.29, 1.82) is 0 Å². The van der Waals surface area contributed by atoms with Crippen molar-refractivity contribution in [1.82, 2.24) is 25.5 Å². The van der Waals surface area contributed by atoms with Crippen molar-refractivity contribution in [3.05, 3.63) is 16.0 Å². The lowest BCUT2D eigenvalue weighted by molar-refractivity contribution is 0.499. The summed E-state index contributed by atoms with van der Waals surface area (Å²) in [5.74, 6) is 2.71. The zero-order chi connectivity index (χ0) is 15.6. The third-order valence-electron chi connectivity index (χ3n) is 4.92.